The largest absolute Gasteiger partial charge is 0.507 e. The van der Waals surface area contributed by atoms with E-state index in [-0.39, 0.29) is 121 Å². The summed E-state index contributed by atoms with van der Waals surface area (Å²) in [6, 6.07) is 3.74. The summed E-state index contributed by atoms with van der Waals surface area (Å²) < 4.78 is 55.7. The Balaban J connectivity index is 0.861. The molecule has 0 unspecified atom stereocenters. The fourth-order valence-electron chi connectivity index (χ4n) is 14.8. The van der Waals surface area contributed by atoms with E-state index in [1.165, 1.54) is 45.4 Å². The monoisotopic (exact) mass is 1430 g/mol. The van der Waals surface area contributed by atoms with Crippen molar-refractivity contribution in [2.24, 2.45) is 29.6 Å². The van der Waals surface area contributed by atoms with Crippen LogP contribution in [0.4, 0.5) is 20.5 Å². The first-order chi connectivity index (χ1) is 48.2. The molecule has 4 aliphatic heterocycles. The molecule has 5 aliphatic rings. The van der Waals surface area contributed by atoms with Crippen molar-refractivity contribution in [1.82, 2.24) is 30.4 Å². The number of hydrogen-bond acceptors (Lipinski definition) is 20. The molecule has 556 valence electrons. The van der Waals surface area contributed by atoms with Crippen LogP contribution in [-0.2, 0) is 52.5 Å². The SMILES string of the molecule is C=CC(=O)N1CCN(c2nc(NCCC(=O)NCCCCCCNC(=O)CCC[C@@H]3/C=C(\C)C[C@H](C)C[C@H](OC)[C@H]4O[C@@](O)(C(=O)C(=O)N5CCCC[C@H]5C(=O)O[C@H](/C(C)=C/[C@@H]5CC[C@@H](O)[C@H](OC)C5)[C@H](C)[C@@H](O)CC3=O)[C@H](C)C[C@@H]4O)nc3c(F)c(-c4c(O)cccc4F)c(Cl)cc23)CC1. The summed E-state index contributed by atoms with van der Waals surface area (Å²) in [6.45, 7) is 14.5. The van der Waals surface area contributed by atoms with Crippen molar-refractivity contribution < 1.29 is 86.8 Å². The molecular formula is C74H103ClF2N8O16. The zero-order chi connectivity index (χ0) is 73.4. The minimum atomic E-state index is -2.67. The van der Waals surface area contributed by atoms with Crippen LogP contribution in [-0.4, -0.2) is 208 Å². The molecule has 1 saturated carbocycles. The molecule has 8 N–H and O–H groups in total. The number of aliphatic hydroxyl groups excluding tert-OH is 3. The van der Waals surface area contributed by atoms with Crippen LogP contribution in [0.25, 0.3) is 22.0 Å². The number of piperidine rings is 1. The summed E-state index contributed by atoms with van der Waals surface area (Å²) in [6.07, 6.45) is 4.71. The lowest BCUT2D eigenvalue weighted by Gasteiger charge is -2.46. The Kier molecular flexibility index (Phi) is 29.1. The van der Waals surface area contributed by atoms with Gasteiger partial charge in [-0.3, -0.25) is 28.8 Å². The predicted octanol–water partition coefficient (Wildman–Crippen LogP) is 7.96. The molecule has 3 saturated heterocycles. The summed E-state index contributed by atoms with van der Waals surface area (Å²) in [5, 5.41) is 65.8. The number of Topliss-reactive ketones (excluding diaryl/α,β-unsaturated/α-hetero) is 2. The van der Waals surface area contributed by atoms with E-state index >= 15 is 8.78 Å². The zero-order valence-electron chi connectivity index (χ0n) is 59.2. The third-order valence-corrected chi connectivity index (χ3v) is 20.9. The van der Waals surface area contributed by atoms with Crippen molar-refractivity contribution in [1.29, 1.82) is 0 Å². The van der Waals surface area contributed by atoms with Gasteiger partial charge in [0.25, 0.3) is 11.7 Å². The number of hydrogen-bond donors (Lipinski definition) is 8. The molecule has 2 bridgehead atoms. The van der Waals surface area contributed by atoms with E-state index in [1.54, 1.807) is 18.7 Å². The van der Waals surface area contributed by atoms with Crippen molar-refractivity contribution in [2.75, 3.05) is 76.8 Å². The summed E-state index contributed by atoms with van der Waals surface area (Å²) in [4.78, 5) is 110. The van der Waals surface area contributed by atoms with Crippen LogP contribution in [0.1, 0.15) is 150 Å². The number of aromatic hydroxyl groups is 1. The van der Waals surface area contributed by atoms with Crippen molar-refractivity contribution in [3.8, 4) is 16.9 Å². The Morgan fingerprint density at radius 3 is 2.19 bits per heavy atom. The second-order valence-corrected chi connectivity index (χ2v) is 28.6. The number of phenols is 1. The van der Waals surface area contributed by atoms with E-state index in [0.717, 1.165) is 29.4 Å². The van der Waals surface area contributed by atoms with Crippen molar-refractivity contribution in [3.63, 3.8) is 0 Å². The molecule has 5 heterocycles. The number of methoxy groups -OCH3 is 2. The number of benzene rings is 2. The normalized spacial score (nSPS) is 29.0. The van der Waals surface area contributed by atoms with Crippen LogP contribution in [0.3, 0.4) is 0 Å². The molecule has 4 fully saturated rings. The lowest BCUT2D eigenvalue weighted by atomic mass is 9.81. The number of unbranched alkanes of at least 4 members (excludes halogenated alkanes) is 3. The van der Waals surface area contributed by atoms with Crippen molar-refractivity contribution in [2.45, 2.75) is 205 Å². The van der Waals surface area contributed by atoms with E-state index in [9.17, 15) is 59.1 Å². The highest BCUT2D eigenvalue weighted by molar-refractivity contribution is 6.39. The fraction of sp³-hybridized carbons (Fsp3) is 0.635. The molecule has 24 nitrogen and oxygen atoms in total. The van der Waals surface area contributed by atoms with Gasteiger partial charge in [0, 0.05) is 115 Å². The summed E-state index contributed by atoms with van der Waals surface area (Å²) in [5.74, 6) is -12.0. The number of carbonyl (C=O) groups is 7. The van der Waals surface area contributed by atoms with E-state index < -0.39 is 113 Å². The Hall–Kier alpha value is -7.04. The number of fused-ring (bicyclic) bond motifs is 4. The maximum Gasteiger partial charge on any atom is 0.329 e. The Morgan fingerprint density at radius 1 is 0.822 bits per heavy atom. The number of nitrogens with zero attached hydrogens (tertiary/aromatic N) is 5. The average Bonchev–Trinajstić information content (AvgIpc) is 0.774. The van der Waals surface area contributed by atoms with Gasteiger partial charge in [0.1, 0.15) is 46.9 Å². The topological polar surface area (TPSA) is 329 Å². The summed E-state index contributed by atoms with van der Waals surface area (Å²) in [5.41, 5.74) is 0.382. The predicted molar refractivity (Wildman–Crippen MR) is 375 cm³/mol. The first kappa shape index (κ1) is 79.7. The molecule has 3 aromatic rings. The number of cyclic esters (lactones) is 1. The highest BCUT2D eigenvalue weighted by Gasteiger charge is 2.56. The lowest BCUT2D eigenvalue weighted by molar-refractivity contribution is -0.300. The smallest absolute Gasteiger partial charge is 0.329 e. The number of piperazine rings is 1. The van der Waals surface area contributed by atoms with Gasteiger partial charge in [-0.15, -0.1) is 0 Å². The molecule has 14 atom stereocenters. The first-order valence-corrected chi connectivity index (χ1v) is 36.1. The van der Waals surface area contributed by atoms with Crippen LogP contribution in [0, 0.1) is 41.2 Å². The number of ether oxygens (including phenoxy) is 4. The molecule has 0 radical (unpaired) electrons. The van der Waals surface area contributed by atoms with Gasteiger partial charge in [-0.05, 0) is 139 Å². The fourth-order valence-corrected chi connectivity index (χ4v) is 15.1. The highest BCUT2D eigenvalue weighted by atomic mass is 35.5. The maximum absolute atomic E-state index is 16.6. The second-order valence-electron chi connectivity index (χ2n) is 28.2. The maximum atomic E-state index is 16.6. The number of aliphatic hydroxyl groups is 4. The van der Waals surface area contributed by atoms with Crippen LogP contribution in [0.15, 0.2) is 60.2 Å². The van der Waals surface area contributed by atoms with Gasteiger partial charge in [-0.25, -0.2) is 18.6 Å². The number of allylic oxidation sites excluding steroid dienone is 3. The van der Waals surface area contributed by atoms with E-state index in [1.807, 2.05) is 30.9 Å². The third kappa shape index (κ3) is 20.2. The van der Waals surface area contributed by atoms with Crippen molar-refractivity contribution >= 4 is 75.4 Å². The van der Waals surface area contributed by atoms with E-state index in [2.05, 4.69) is 32.5 Å². The van der Waals surface area contributed by atoms with Crippen LogP contribution in [0.5, 0.6) is 5.75 Å². The Morgan fingerprint density at radius 2 is 1.51 bits per heavy atom. The van der Waals surface area contributed by atoms with Gasteiger partial charge in [0.2, 0.25) is 29.5 Å². The first-order valence-electron chi connectivity index (χ1n) is 35.7. The molecule has 8 rings (SSSR count). The number of esters is 1. The average molecular weight is 1430 g/mol. The Bertz CT molecular complexity index is 3480. The third-order valence-electron chi connectivity index (χ3n) is 20.6. The minimum absolute atomic E-state index is 0.00138. The standard InChI is InChI=1S/C74H103ClF2N8O16/c1-9-62(93)83-30-32-84(33-31-83)70-49-40-50(75)63(64-51(76)19-17-21-54(64)87)65(77)66(49)81-73(82-70)80-28-25-61(92)79-27-14-11-10-13-26-78-60(91)22-16-18-48-35-42(2)34-43(3)36-59(99-8)68-57(90)38-45(5)74(97,101-68)69(94)71(95)85-29-15-12-20-52(85)72(96)100-67(46(6)55(88)41-56(48)89)44(4)37-47-23-24-53(86)58(39-47)98-7/h9,17,19,21,35,37,40,43,45-48,52-53,55,57-59,67-68,86-88,90,97H,1,10-16,18,20,22-34,36,38-39,41H2,2-8H3,(H,78,91)(H,79,92)(H,80,81,82)/b42-35+,44-37+/t43-,45+,46+,47-,48+,52-,53+,55-,57-,58+,59-,67+,68-,74+/m0/s1. The number of nitrogens with one attached hydrogen (secondary N) is 3. The quantitative estimate of drug-likeness (QED) is 0.0155. The van der Waals surface area contributed by atoms with Gasteiger partial charge < -0.3 is 75.1 Å². The molecule has 27 heteroatoms. The number of phenolic OH excluding ortho intramolecular Hbond substituents is 1. The molecule has 2 aromatic carbocycles. The van der Waals surface area contributed by atoms with Crippen LogP contribution >= 0.6 is 11.6 Å². The number of carbonyl (C=O) groups excluding carboxylic acids is 7. The van der Waals surface area contributed by atoms with Gasteiger partial charge in [-0.2, -0.15) is 4.98 Å². The Labute approximate surface area is 595 Å². The van der Waals surface area contributed by atoms with E-state index in [4.69, 9.17) is 30.5 Å². The lowest BCUT2D eigenvalue weighted by Crippen LogP contribution is -2.64. The number of rotatable bonds is 22. The van der Waals surface area contributed by atoms with Crippen LogP contribution in [0.2, 0.25) is 5.02 Å². The number of aromatic nitrogens is 2. The minimum Gasteiger partial charge on any atom is -0.507 e. The number of amides is 4. The highest BCUT2D eigenvalue weighted by Crippen LogP contribution is 2.44. The molecule has 101 heavy (non-hydrogen) atoms. The van der Waals surface area contributed by atoms with Crippen LogP contribution < -0.4 is 20.9 Å². The molecule has 1 aliphatic carbocycles. The molecule has 0 spiro atoms. The second kappa shape index (κ2) is 36.9. The molecule has 4 amide bonds. The van der Waals surface area contributed by atoms with Gasteiger partial charge >= 0.3 is 5.97 Å². The molecule has 1 aromatic heterocycles. The van der Waals surface area contributed by atoms with Gasteiger partial charge in [0.15, 0.2) is 5.82 Å². The summed E-state index contributed by atoms with van der Waals surface area (Å²) >= 11 is 6.61. The van der Waals surface area contributed by atoms with E-state index in [0.29, 0.717) is 108 Å². The summed E-state index contributed by atoms with van der Waals surface area (Å²) in [7, 11) is 2.95. The van der Waals surface area contributed by atoms with Crippen molar-refractivity contribution in [3.05, 3.63) is 76.9 Å². The zero-order valence-corrected chi connectivity index (χ0v) is 60.0. The number of ketones is 2. The number of anilines is 2. The van der Waals surface area contributed by atoms with Gasteiger partial charge in [0.05, 0.1) is 41.1 Å². The molecular weight excluding hydrogens is 1330 g/mol. The van der Waals surface area contributed by atoms with Gasteiger partial charge in [-0.1, -0.05) is 75.6 Å². The number of halogens is 3.